The maximum Gasteiger partial charge on any atom is 0.294 e. The molecule has 1 aliphatic rings. The van der Waals surface area contributed by atoms with Crippen molar-refractivity contribution in [3.63, 3.8) is 0 Å². The third-order valence-corrected chi connectivity index (χ3v) is 6.22. The number of halogens is 1. The number of benzene rings is 1. The minimum atomic E-state index is -0.408. The molecule has 5 N–H and O–H groups in total. The van der Waals surface area contributed by atoms with Crippen LogP contribution in [0.15, 0.2) is 77.8 Å². The monoisotopic (exact) mass is 517 g/mol. The number of pyridine rings is 1. The van der Waals surface area contributed by atoms with Crippen LogP contribution in [0, 0.1) is 5.41 Å². The van der Waals surface area contributed by atoms with Gasteiger partial charge in [0.25, 0.3) is 5.56 Å². The van der Waals surface area contributed by atoms with Crippen LogP contribution < -0.4 is 21.9 Å². The summed E-state index contributed by atoms with van der Waals surface area (Å²) in [6.07, 6.45) is 10.6. The maximum atomic E-state index is 13.5. The van der Waals surface area contributed by atoms with Gasteiger partial charge in [-0.05, 0) is 30.5 Å². The van der Waals surface area contributed by atoms with E-state index in [1.807, 2.05) is 54.6 Å². The van der Waals surface area contributed by atoms with Crippen LogP contribution in [0.4, 0.5) is 5.82 Å². The molecule has 9 nitrogen and oxygen atoms in total. The number of amidine groups is 1. The van der Waals surface area contributed by atoms with Crippen molar-refractivity contribution in [3.8, 4) is 0 Å². The Hall–Kier alpha value is -4.24. The lowest BCUT2D eigenvalue weighted by molar-refractivity contribution is -0.121. The Morgan fingerprint density at radius 3 is 2.68 bits per heavy atom. The predicted molar refractivity (Wildman–Crippen MR) is 145 cm³/mol. The minimum absolute atomic E-state index is 0.0793. The molecule has 1 unspecified atom stereocenters. The number of hydrogen-bond donors (Lipinski definition) is 4. The molecule has 0 aliphatic heterocycles. The fourth-order valence-corrected chi connectivity index (χ4v) is 4.33. The average Bonchev–Trinajstić information content (AvgIpc) is 2.91. The van der Waals surface area contributed by atoms with E-state index in [2.05, 4.69) is 20.6 Å². The highest BCUT2D eigenvalue weighted by Gasteiger charge is 2.23. The predicted octanol–water partition coefficient (Wildman–Crippen LogP) is 3.15. The summed E-state index contributed by atoms with van der Waals surface area (Å²) in [5, 5.41) is 13.5. The highest BCUT2D eigenvalue weighted by atomic mass is 35.5. The second kappa shape index (κ2) is 12.1. The summed E-state index contributed by atoms with van der Waals surface area (Å²) in [5.74, 6) is -0.517. The number of nitrogens with two attached hydrogens (primary N) is 1. The van der Waals surface area contributed by atoms with Crippen LogP contribution in [0.3, 0.4) is 0 Å². The van der Waals surface area contributed by atoms with Crippen LogP contribution in [-0.4, -0.2) is 32.8 Å². The first-order valence-electron chi connectivity index (χ1n) is 11.9. The third-order valence-electron chi connectivity index (χ3n) is 5.94. The van der Waals surface area contributed by atoms with Gasteiger partial charge in [0.1, 0.15) is 12.4 Å². The molecule has 0 bridgehead atoms. The summed E-state index contributed by atoms with van der Waals surface area (Å²) in [6, 6.07) is 13.3. The molecule has 1 aromatic carbocycles. The van der Waals surface area contributed by atoms with Gasteiger partial charge in [-0.1, -0.05) is 66.2 Å². The Kier molecular flexibility index (Phi) is 8.48. The Morgan fingerprint density at radius 2 is 2.00 bits per heavy atom. The largest absolute Gasteiger partial charge is 0.384 e. The first-order chi connectivity index (χ1) is 17.9. The van der Waals surface area contributed by atoms with Crippen LogP contribution in [0.1, 0.15) is 34.9 Å². The molecule has 1 aliphatic carbocycles. The Bertz CT molecular complexity index is 1380. The van der Waals surface area contributed by atoms with Crippen molar-refractivity contribution in [2.45, 2.75) is 31.8 Å². The fraction of sp³-hybridized carbons (Fsp3) is 0.222. The first-order valence-corrected chi connectivity index (χ1v) is 12.3. The van der Waals surface area contributed by atoms with Crippen molar-refractivity contribution >= 4 is 29.2 Å². The fourth-order valence-electron chi connectivity index (χ4n) is 4.01. The van der Waals surface area contributed by atoms with Gasteiger partial charge in [-0.2, -0.15) is 0 Å². The lowest BCUT2D eigenvalue weighted by atomic mass is 9.97. The van der Waals surface area contributed by atoms with Crippen molar-refractivity contribution in [3.05, 3.63) is 111 Å². The smallest absolute Gasteiger partial charge is 0.294 e. The molecule has 1 atom stereocenters. The van der Waals surface area contributed by atoms with Gasteiger partial charge in [-0.25, -0.2) is 4.98 Å². The van der Waals surface area contributed by atoms with E-state index in [1.54, 1.807) is 12.1 Å². The van der Waals surface area contributed by atoms with E-state index in [0.717, 1.165) is 5.56 Å². The van der Waals surface area contributed by atoms with E-state index >= 15 is 0 Å². The van der Waals surface area contributed by atoms with Crippen LogP contribution in [0.5, 0.6) is 0 Å². The first kappa shape index (κ1) is 25.8. The van der Waals surface area contributed by atoms with Crippen LogP contribution in [0.25, 0.3) is 0 Å². The van der Waals surface area contributed by atoms with Gasteiger partial charge < -0.3 is 16.4 Å². The van der Waals surface area contributed by atoms with Crippen molar-refractivity contribution in [1.29, 1.82) is 5.41 Å². The maximum absolute atomic E-state index is 13.5. The number of rotatable bonds is 10. The topological polar surface area (TPSA) is 139 Å². The molecular weight excluding hydrogens is 490 g/mol. The number of carbonyl (C=O) groups excluding carboxylic acids is 1. The molecule has 10 heteroatoms. The summed E-state index contributed by atoms with van der Waals surface area (Å²) in [6.45, 7) is 0.430. The number of allylic oxidation sites excluding steroid dienone is 4. The van der Waals surface area contributed by atoms with Gasteiger partial charge in [0.15, 0.2) is 11.0 Å². The van der Waals surface area contributed by atoms with Crippen molar-refractivity contribution in [2.24, 2.45) is 5.73 Å². The molecule has 3 aromatic rings. The van der Waals surface area contributed by atoms with Gasteiger partial charge >= 0.3 is 0 Å². The zero-order valence-electron chi connectivity index (χ0n) is 20.2. The van der Waals surface area contributed by atoms with Crippen LogP contribution in [-0.2, 0) is 24.3 Å². The highest BCUT2D eigenvalue weighted by molar-refractivity contribution is 6.30. The van der Waals surface area contributed by atoms with E-state index in [4.69, 9.17) is 22.7 Å². The van der Waals surface area contributed by atoms with Crippen LogP contribution in [0.2, 0.25) is 5.15 Å². The normalized spacial score (nSPS) is 14.4. The molecule has 0 radical (unpaired) electrons. The molecule has 37 heavy (non-hydrogen) atoms. The summed E-state index contributed by atoms with van der Waals surface area (Å²) in [7, 11) is 0. The molecule has 0 saturated heterocycles. The van der Waals surface area contributed by atoms with Crippen molar-refractivity contribution in [2.75, 3.05) is 11.9 Å². The van der Waals surface area contributed by atoms with Gasteiger partial charge in [0.05, 0.1) is 17.9 Å². The minimum Gasteiger partial charge on any atom is -0.384 e. The quantitative estimate of drug-likeness (QED) is 0.241. The molecule has 0 fully saturated rings. The Morgan fingerprint density at radius 1 is 1.19 bits per heavy atom. The molecular formula is C27H28ClN7O2. The highest BCUT2D eigenvalue weighted by Crippen LogP contribution is 2.29. The number of nitrogens with zero attached hydrogens (tertiary/aromatic N) is 3. The average molecular weight is 518 g/mol. The van der Waals surface area contributed by atoms with E-state index in [0.29, 0.717) is 36.3 Å². The third kappa shape index (κ3) is 6.71. The molecule has 0 saturated carbocycles. The number of aromatic nitrogens is 3. The summed E-state index contributed by atoms with van der Waals surface area (Å²) in [4.78, 5) is 34.9. The lowest BCUT2D eigenvalue weighted by Crippen LogP contribution is -2.36. The molecule has 0 spiro atoms. The van der Waals surface area contributed by atoms with Crippen LogP contribution >= 0.6 is 11.6 Å². The number of carbonyl (C=O) groups is 1. The number of hydrogen-bond acceptors (Lipinski definition) is 6. The second-order valence-corrected chi connectivity index (χ2v) is 8.93. The van der Waals surface area contributed by atoms with Gasteiger partial charge in [-0.3, -0.25) is 24.5 Å². The molecule has 2 aromatic heterocycles. The Labute approximate surface area is 219 Å². The molecule has 4 rings (SSSR count). The van der Waals surface area contributed by atoms with E-state index in [1.165, 1.54) is 10.8 Å². The Balaban J connectivity index is 1.52. The van der Waals surface area contributed by atoms with E-state index in [-0.39, 0.29) is 41.7 Å². The van der Waals surface area contributed by atoms with Gasteiger partial charge in [0, 0.05) is 24.2 Å². The summed E-state index contributed by atoms with van der Waals surface area (Å²) in [5.41, 5.74) is 7.77. The van der Waals surface area contributed by atoms with E-state index in [9.17, 15) is 9.59 Å². The zero-order chi connectivity index (χ0) is 26.2. The number of anilines is 1. The lowest BCUT2D eigenvalue weighted by Gasteiger charge is -2.21. The SMILES string of the molecule is N=C(N)c1ccc(CNC(=O)Cn2c(C3C=CC=CC3)c(Cl)nc(NCCc3ccccc3)c2=O)nc1. The molecule has 190 valence electrons. The second-order valence-electron chi connectivity index (χ2n) is 8.57. The van der Waals surface area contributed by atoms with Crippen molar-refractivity contribution < 1.29 is 4.79 Å². The van der Waals surface area contributed by atoms with E-state index < -0.39 is 5.56 Å². The van der Waals surface area contributed by atoms with Crippen molar-refractivity contribution in [1.82, 2.24) is 19.9 Å². The number of nitrogens with one attached hydrogen (secondary N) is 3. The summed E-state index contributed by atoms with van der Waals surface area (Å²) >= 11 is 6.59. The number of nitrogen functional groups attached to an aromatic ring is 1. The van der Waals surface area contributed by atoms with Gasteiger partial charge in [-0.15, -0.1) is 0 Å². The molecule has 1 amide bonds. The molecule has 2 heterocycles. The van der Waals surface area contributed by atoms with Gasteiger partial charge in [0.2, 0.25) is 5.91 Å². The summed E-state index contributed by atoms with van der Waals surface area (Å²) < 4.78 is 1.40. The number of amides is 1. The zero-order valence-corrected chi connectivity index (χ0v) is 20.9. The standard InChI is InChI=1S/C27H28ClN7O2/c28-24-23(19-9-5-2-6-10-19)35(17-22(36)33-16-21-12-11-20(15-32-21)25(29)30)27(37)26(34-24)31-14-13-18-7-3-1-4-8-18/h1-9,11-12,15,19H,10,13-14,16-17H2,(H3,29,30)(H,31,34)(H,33,36).